The SMILES string of the molecule is CC1(C)C(/C=C/C2=C(Oc3ccc(S(=O)(=O)O)cc3)C(=C/C=C3/N(CCCCS(=O)(=O)O)c4ccc(S(=O)(=O)O)cc4C3(C)C)/CCC2)=[N+](CCCCCC(=O)NCCCCC(NC(=O)CN2CCN(CC(=O)O)CCN(CC(=O)O)CCN(CC(=O)O)CC2)C(=O)NCC2CCC(C(=O)NC(Cc3ccc4ccccc4c3)C(=O)NCCCCC(NC(=O)NC(CCC(=O)O)C(=O)O)C(=O)O)CC2)c2ccc(S(=O)(=O)[O-])cc21. The number of nitrogens with one attached hydrogen (secondary N) is 7. The van der Waals surface area contributed by atoms with Crippen LogP contribution in [0.1, 0.15) is 179 Å². The highest BCUT2D eigenvalue weighted by Crippen LogP contribution is 2.50. The molecule has 10 rings (SSSR count). The molecule has 149 heavy (non-hydrogen) atoms. The lowest BCUT2D eigenvalue weighted by molar-refractivity contribution is -0.438. The van der Waals surface area contributed by atoms with Crippen LogP contribution >= 0.6 is 0 Å². The minimum absolute atomic E-state index is 0.0258. The van der Waals surface area contributed by atoms with E-state index >= 15 is 0 Å². The lowest BCUT2D eigenvalue weighted by atomic mass is 9.81. The molecule has 5 aromatic carbocycles. The van der Waals surface area contributed by atoms with Gasteiger partial charge in [-0.1, -0.05) is 62.4 Å². The number of carbonyl (C=O) groups excluding carboxylic acids is 6. The number of hydrogen-bond donors (Lipinski definition) is 16. The molecule has 0 bridgehead atoms. The molecule has 3 heterocycles. The van der Waals surface area contributed by atoms with Gasteiger partial charge in [-0.2, -0.15) is 29.8 Å². The first-order valence-electron chi connectivity index (χ1n) is 49.7. The fourth-order valence-corrected chi connectivity index (χ4v) is 21.3. The van der Waals surface area contributed by atoms with Gasteiger partial charge in [0.15, 0.2) is 5.71 Å². The van der Waals surface area contributed by atoms with Gasteiger partial charge in [0.25, 0.3) is 30.4 Å². The Morgan fingerprint density at radius 1 is 0.497 bits per heavy atom. The standard InChI is InChI=1S/C101H135N13O31S4/c1-100(2)77-59-75(148(139,140)141)36-39-83(77)113(85(100)41-30-69-19-16-20-70(93(69)145-73-32-34-74(35-33-73)147(136,137)138)31-42-86-101(3,4)78-60-76(149(142,143)144)37-40-84(78)114(86)47-14-15-56-146(133,134)135)46-13-5-6-23-87(115)102-44-11-9-21-79(105-88(116)62-109-48-50-110(63-90(119)120)52-54-112(65-92(123)124)55-53-111(51-49-109)64-91(121)122)95(126)104-61-66-24-28-71(29-25-66)94(125)106-82(58-67-26-27-68-17-7-8-18-72(68)57-67)96(127)103-45-12-10-22-80(97(128)129)107-99(132)108-81(98(130)131)38-43-89(117)118/h7-8,17-18,26-27,30-37,39-42,57,59-60,66,71,79-82H,5-6,9-16,19-25,28-29,38,43-56,58,61-65H2,1-4H3,(H16-,102,103,104,105,106,107,108,115,116,117,118,119,120,121,122,123,124,125,126,127,128,129,130,131,132,133,134,135,136,137,138,139,140,141,142,143,144). The largest absolute Gasteiger partial charge is 0.744 e. The summed E-state index contributed by atoms with van der Waals surface area (Å²) in [6.45, 7) is 7.72. The number of aliphatic carboxylic acids is 6. The van der Waals surface area contributed by atoms with E-state index in [1.165, 1.54) is 48.5 Å². The normalized spacial score (nSPS) is 18.6. The highest BCUT2D eigenvalue weighted by atomic mass is 32.2. The van der Waals surface area contributed by atoms with Crippen LogP contribution in [0.25, 0.3) is 10.8 Å². The number of unbranched alkanes of at least 4 members (excludes halogenated alkanes) is 5. The summed E-state index contributed by atoms with van der Waals surface area (Å²) in [5, 5.41) is 78.7. The van der Waals surface area contributed by atoms with Crippen LogP contribution in [0.2, 0.25) is 0 Å². The number of nitrogens with zero attached hydrogens (tertiary/aromatic N) is 6. The van der Waals surface area contributed by atoms with E-state index in [0.717, 1.165) is 16.3 Å². The molecule has 814 valence electrons. The minimum Gasteiger partial charge on any atom is -0.744 e. The lowest BCUT2D eigenvalue weighted by Crippen LogP contribution is -2.52. The van der Waals surface area contributed by atoms with Crippen molar-refractivity contribution < 1.29 is 149 Å². The van der Waals surface area contributed by atoms with Crippen LogP contribution in [0.4, 0.5) is 16.2 Å². The van der Waals surface area contributed by atoms with Crippen molar-refractivity contribution in [3.63, 3.8) is 0 Å². The molecule has 5 aromatic rings. The van der Waals surface area contributed by atoms with E-state index in [-0.39, 0.29) is 165 Å². The van der Waals surface area contributed by atoms with Gasteiger partial charge in [-0.15, -0.1) is 0 Å². The Morgan fingerprint density at radius 3 is 1.63 bits per heavy atom. The van der Waals surface area contributed by atoms with Gasteiger partial charge >= 0.3 is 41.8 Å². The molecule has 0 radical (unpaired) electrons. The maximum absolute atomic E-state index is 14.6. The van der Waals surface area contributed by atoms with Gasteiger partial charge in [0.05, 0.1) is 52.0 Å². The molecule has 16 N–H and O–H groups in total. The predicted octanol–water partition coefficient (Wildman–Crippen LogP) is 6.78. The molecule has 1 saturated heterocycles. The van der Waals surface area contributed by atoms with Crippen LogP contribution in [-0.2, 0) is 110 Å². The summed E-state index contributed by atoms with van der Waals surface area (Å²) in [5.74, 6) is -10.7. The first-order valence-corrected chi connectivity index (χ1v) is 55.6. The van der Waals surface area contributed by atoms with Crippen molar-refractivity contribution >= 4 is 140 Å². The molecule has 2 aliphatic carbocycles. The smallest absolute Gasteiger partial charge is 0.326 e. The molecular weight excluding hydrogens is 2020 g/mol. The van der Waals surface area contributed by atoms with Gasteiger partial charge in [-0.3, -0.25) is 76.4 Å². The molecule has 3 aliphatic heterocycles. The fraction of sp³-hybridized carbons (Fsp3) is 0.515. The molecule has 0 aromatic heterocycles. The number of fused-ring (bicyclic) bond motifs is 3. The minimum atomic E-state index is -4.95. The number of allylic oxidation sites excluding steroid dienone is 7. The Morgan fingerprint density at radius 2 is 1.05 bits per heavy atom. The molecule has 0 spiro atoms. The van der Waals surface area contributed by atoms with Gasteiger partial charge in [-0.05, 0) is 235 Å². The van der Waals surface area contributed by atoms with Crippen molar-refractivity contribution in [1.82, 2.24) is 56.8 Å². The zero-order valence-electron chi connectivity index (χ0n) is 83.7. The van der Waals surface area contributed by atoms with Gasteiger partial charge in [0.1, 0.15) is 52.3 Å². The fourth-order valence-electron chi connectivity index (χ4n) is 19.2. The molecular formula is C101H135N13O31S4. The van der Waals surface area contributed by atoms with E-state index in [1.807, 2.05) is 104 Å². The monoisotopic (exact) mass is 2150 g/mol. The van der Waals surface area contributed by atoms with Crippen LogP contribution in [0.5, 0.6) is 5.75 Å². The summed E-state index contributed by atoms with van der Waals surface area (Å²) in [4.78, 5) is 162. The van der Waals surface area contributed by atoms with E-state index in [9.17, 15) is 135 Å². The first kappa shape index (κ1) is 118. The average Bonchev–Trinajstić information content (AvgIpc) is 1.59. The molecule has 2 fully saturated rings. The number of carbonyl (C=O) groups is 12. The molecule has 44 nitrogen and oxygen atoms in total. The Bertz CT molecular complexity index is 6330. The van der Waals surface area contributed by atoms with E-state index in [4.69, 9.17) is 9.84 Å². The number of benzene rings is 5. The number of carboxylic acid groups (broad SMARTS) is 6. The van der Waals surface area contributed by atoms with E-state index in [0.29, 0.717) is 134 Å². The van der Waals surface area contributed by atoms with Crippen molar-refractivity contribution in [3.05, 3.63) is 167 Å². The van der Waals surface area contributed by atoms with Crippen molar-refractivity contribution in [2.45, 2.75) is 219 Å². The molecule has 1 saturated carbocycles. The first-order chi connectivity index (χ1) is 70.3. The Labute approximate surface area is 865 Å². The van der Waals surface area contributed by atoms with Crippen LogP contribution < -0.4 is 46.9 Å². The van der Waals surface area contributed by atoms with E-state index in [2.05, 4.69) is 37.2 Å². The Kier molecular flexibility index (Phi) is 43.1. The predicted molar refractivity (Wildman–Crippen MR) is 545 cm³/mol. The van der Waals surface area contributed by atoms with Crippen molar-refractivity contribution in [3.8, 4) is 5.75 Å². The topological polar surface area (TPSA) is 659 Å². The lowest BCUT2D eigenvalue weighted by Gasteiger charge is -2.33. The second-order valence-corrected chi connectivity index (χ2v) is 44.9. The quantitative estimate of drug-likeness (QED) is 0.0108. The maximum atomic E-state index is 14.6. The molecule has 5 aliphatic rings. The zero-order chi connectivity index (χ0) is 109. The van der Waals surface area contributed by atoms with Crippen LogP contribution in [0.3, 0.4) is 0 Å². The second-order valence-electron chi connectivity index (χ2n) is 39.1. The average molecular weight is 2160 g/mol. The summed E-state index contributed by atoms with van der Waals surface area (Å²) < 4.78 is 149. The van der Waals surface area contributed by atoms with Gasteiger partial charge < -0.3 is 82.0 Å². The van der Waals surface area contributed by atoms with Crippen molar-refractivity contribution in [2.24, 2.45) is 11.8 Å². The van der Waals surface area contributed by atoms with Crippen LogP contribution in [-0.4, -0.2) is 325 Å². The highest BCUT2D eigenvalue weighted by Gasteiger charge is 2.46. The number of hydrogen-bond acceptors (Lipinski definition) is 27. The number of ether oxygens (including phenoxy) is 1. The molecule has 4 unspecified atom stereocenters. The number of amides is 7. The number of anilines is 1. The van der Waals surface area contributed by atoms with E-state index < -0.39 is 188 Å². The van der Waals surface area contributed by atoms with Crippen molar-refractivity contribution in [2.75, 3.05) is 122 Å². The summed E-state index contributed by atoms with van der Waals surface area (Å²) in [6, 6.07) is 20.2. The van der Waals surface area contributed by atoms with E-state index in [1.54, 1.807) is 31.7 Å². The van der Waals surface area contributed by atoms with Gasteiger partial charge in [-0.25, -0.2) is 22.8 Å². The Hall–Kier alpha value is -12.5. The number of urea groups is 1. The summed E-state index contributed by atoms with van der Waals surface area (Å²) in [5.41, 5.74) is 3.68. The third-order valence-electron chi connectivity index (χ3n) is 27.3. The summed E-state index contributed by atoms with van der Waals surface area (Å²) >= 11 is 0. The third kappa shape index (κ3) is 36.4. The molecule has 4 atom stereocenters. The number of rotatable bonds is 53. The third-order valence-corrected chi connectivity index (χ3v) is 30.7. The zero-order valence-corrected chi connectivity index (χ0v) is 87.0. The second kappa shape index (κ2) is 54.3. The van der Waals surface area contributed by atoms with Gasteiger partial charge in [0, 0.05) is 145 Å². The summed E-state index contributed by atoms with van der Waals surface area (Å²) in [7, 11) is -18.6. The number of carboxylic acids is 6. The van der Waals surface area contributed by atoms with Crippen molar-refractivity contribution in [1.29, 1.82) is 0 Å². The molecule has 48 heteroatoms. The van der Waals surface area contributed by atoms with Crippen LogP contribution in [0, 0.1) is 11.8 Å². The maximum Gasteiger partial charge on any atom is 0.326 e. The van der Waals surface area contributed by atoms with Crippen LogP contribution in [0.15, 0.2) is 165 Å². The summed E-state index contributed by atoms with van der Waals surface area (Å²) in [6.07, 6.45) is 12.3. The Balaban J connectivity index is 0.808. The highest BCUT2D eigenvalue weighted by molar-refractivity contribution is 7.86. The van der Waals surface area contributed by atoms with Gasteiger partial charge in [0.2, 0.25) is 35.2 Å². The molecule has 7 amide bonds.